The minimum Gasteiger partial charge on any atom is -0.388 e. The van der Waals surface area contributed by atoms with E-state index in [2.05, 4.69) is 39.0 Å². The number of hydrogen-bond acceptors (Lipinski definition) is 3. The van der Waals surface area contributed by atoms with Gasteiger partial charge in [0.1, 0.15) is 0 Å². The molecule has 1 aliphatic heterocycles. The third-order valence-corrected chi connectivity index (χ3v) is 6.83. The Kier molecular flexibility index (Phi) is 4.51. The first-order valence-electron chi connectivity index (χ1n) is 6.60. The molecule has 0 spiro atoms. The molecule has 2 unspecified atom stereocenters. The largest absolute Gasteiger partial charge is 0.388 e. The van der Waals surface area contributed by atoms with Crippen LogP contribution in [0.15, 0.2) is 18.2 Å². The summed E-state index contributed by atoms with van der Waals surface area (Å²) in [5, 5.41) is 8.30. The Morgan fingerprint density at radius 3 is 2.47 bits per heavy atom. The summed E-state index contributed by atoms with van der Waals surface area (Å²) in [6.07, 6.45) is 1.68. The van der Waals surface area contributed by atoms with Crippen molar-refractivity contribution in [3.8, 4) is 0 Å². The lowest BCUT2D eigenvalue weighted by molar-refractivity contribution is 0.824. The molecule has 1 fully saturated rings. The third kappa shape index (κ3) is 3.93. The molecule has 2 nitrogen and oxygen atoms in total. The van der Waals surface area contributed by atoms with E-state index < -0.39 is 0 Å². The molecule has 0 radical (unpaired) electrons. The van der Waals surface area contributed by atoms with Gasteiger partial charge in [-0.05, 0) is 25.8 Å². The molecule has 0 saturated carbocycles. The monoisotopic (exact) mass is 294 g/mol. The zero-order chi connectivity index (χ0) is 14.0. The van der Waals surface area contributed by atoms with Crippen LogP contribution in [0.1, 0.15) is 30.0 Å². The molecule has 0 bridgehead atoms. The second kappa shape index (κ2) is 5.80. The molecule has 19 heavy (non-hydrogen) atoms. The molecule has 4 heteroatoms. The lowest BCUT2D eigenvalue weighted by atomic mass is 10.0. The van der Waals surface area contributed by atoms with E-state index in [1.54, 1.807) is 0 Å². The summed E-state index contributed by atoms with van der Waals surface area (Å²) in [6.45, 7) is 6.55. The lowest BCUT2D eigenvalue weighted by Crippen LogP contribution is -2.28. The lowest BCUT2D eigenvalue weighted by Gasteiger charge is -2.27. The van der Waals surface area contributed by atoms with Crippen molar-refractivity contribution in [2.75, 3.05) is 5.75 Å². The Bertz CT molecular complexity index is 467. The molecule has 0 aromatic heterocycles. The van der Waals surface area contributed by atoms with Gasteiger partial charge in [-0.15, -0.1) is 23.5 Å². The topological polar surface area (TPSA) is 49.9 Å². The van der Waals surface area contributed by atoms with Crippen LogP contribution >= 0.6 is 23.5 Å². The van der Waals surface area contributed by atoms with Gasteiger partial charge in [0, 0.05) is 17.4 Å². The summed E-state index contributed by atoms with van der Waals surface area (Å²) in [7, 11) is 0. The summed E-state index contributed by atoms with van der Waals surface area (Å²) in [5.41, 5.74) is 9.67. The van der Waals surface area contributed by atoms with E-state index in [0.717, 1.165) is 12.2 Å². The second-order valence-corrected chi connectivity index (χ2v) is 9.01. The van der Waals surface area contributed by atoms with Crippen LogP contribution in [0, 0.1) is 19.3 Å². The molecular weight excluding hydrogens is 272 g/mol. The van der Waals surface area contributed by atoms with Gasteiger partial charge in [0.2, 0.25) is 0 Å². The molecule has 1 aromatic rings. The maximum atomic E-state index is 7.65. The fraction of sp³-hybridized carbons (Fsp3) is 0.533. The molecule has 3 N–H and O–H groups in total. The van der Waals surface area contributed by atoms with E-state index >= 15 is 0 Å². The average Bonchev–Trinajstić information content (AvgIpc) is 2.56. The molecule has 1 aliphatic rings. The highest BCUT2D eigenvalue weighted by Gasteiger charge is 2.39. The Morgan fingerprint density at radius 1 is 1.37 bits per heavy atom. The normalized spacial score (nSPS) is 26.6. The first-order chi connectivity index (χ1) is 8.88. The number of rotatable bonds is 4. The Balaban J connectivity index is 2.22. The number of nitrogens with one attached hydrogen (secondary N) is 1. The Hall–Kier alpha value is -0.610. The molecular formula is C15H22N2S2. The maximum absolute atomic E-state index is 7.65. The summed E-state index contributed by atoms with van der Waals surface area (Å²) in [4.78, 5) is 0. The summed E-state index contributed by atoms with van der Waals surface area (Å²) in [6, 6.07) is 6.73. The number of nitrogens with two attached hydrogens (primary N) is 1. The number of aryl methyl sites for hydroxylation is 2. The van der Waals surface area contributed by atoms with Crippen molar-refractivity contribution in [1.82, 2.24) is 0 Å². The van der Waals surface area contributed by atoms with Gasteiger partial charge >= 0.3 is 0 Å². The van der Waals surface area contributed by atoms with Gasteiger partial charge in [-0.25, -0.2) is 0 Å². The van der Waals surface area contributed by atoms with Crippen LogP contribution in [0.25, 0.3) is 0 Å². The molecule has 104 valence electrons. The van der Waals surface area contributed by atoms with E-state index in [4.69, 9.17) is 11.1 Å². The van der Waals surface area contributed by atoms with Crippen LogP contribution in [-0.2, 0) is 6.42 Å². The number of thioether (sulfide) groups is 2. The zero-order valence-electron chi connectivity index (χ0n) is 11.8. The zero-order valence-corrected chi connectivity index (χ0v) is 13.5. The van der Waals surface area contributed by atoms with Crippen molar-refractivity contribution in [2.24, 2.45) is 5.73 Å². The SMILES string of the molecule is Cc1cc(C)cc(CC2(CC(=N)N)SCC(C)S2)c1. The first-order valence-corrected chi connectivity index (χ1v) is 8.47. The molecule has 0 amide bonds. The van der Waals surface area contributed by atoms with Crippen LogP contribution in [0.4, 0.5) is 0 Å². The van der Waals surface area contributed by atoms with Crippen LogP contribution < -0.4 is 5.73 Å². The van der Waals surface area contributed by atoms with Gasteiger partial charge < -0.3 is 5.73 Å². The summed E-state index contributed by atoms with van der Waals surface area (Å²) >= 11 is 3.96. The van der Waals surface area contributed by atoms with E-state index in [0.29, 0.717) is 17.5 Å². The van der Waals surface area contributed by atoms with Gasteiger partial charge in [-0.1, -0.05) is 36.2 Å². The van der Waals surface area contributed by atoms with E-state index in [1.165, 1.54) is 16.7 Å². The standard InChI is InChI=1S/C15H22N2S2/c1-10-4-11(2)6-13(5-10)7-15(8-14(16)17)18-9-12(3)19-15/h4-6,12H,7-9H2,1-3H3,(H3,16,17). The molecule has 1 saturated heterocycles. The summed E-state index contributed by atoms with van der Waals surface area (Å²) in [5.74, 6) is 1.46. The minimum absolute atomic E-state index is 0.0610. The van der Waals surface area contributed by atoms with Crippen LogP contribution in [-0.4, -0.2) is 20.9 Å². The highest BCUT2D eigenvalue weighted by Crippen LogP contribution is 2.52. The van der Waals surface area contributed by atoms with Gasteiger partial charge in [0.05, 0.1) is 9.91 Å². The van der Waals surface area contributed by atoms with Gasteiger partial charge in [-0.2, -0.15) is 0 Å². The summed E-state index contributed by atoms with van der Waals surface area (Å²) < 4.78 is 0.0610. The minimum atomic E-state index is 0.0610. The number of benzene rings is 1. The maximum Gasteiger partial charge on any atom is 0.0928 e. The van der Waals surface area contributed by atoms with Crippen LogP contribution in [0.5, 0.6) is 0 Å². The quantitative estimate of drug-likeness (QED) is 0.657. The molecule has 2 atom stereocenters. The third-order valence-electron chi connectivity index (χ3n) is 3.21. The number of hydrogen-bond donors (Lipinski definition) is 2. The number of amidine groups is 1. The van der Waals surface area contributed by atoms with E-state index in [9.17, 15) is 0 Å². The van der Waals surface area contributed by atoms with Gasteiger partial charge in [-0.3, -0.25) is 5.41 Å². The van der Waals surface area contributed by atoms with Gasteiger partial charge in [0.15, 0.2) is 0 Å². The Morgan fingerprint density at radius 2 is 2.00 bits per heavy atom. The van der Waals surface area contributed by atoms with Crippen molar-refractivity contribution in [3.05, 3.63) is 34.9 Å². The first kappa shape index (κ1) is 14.8. The van der Waals surface area contributed by atoms with E-state index in [-0.39, 0.29) is 4.08 Å². The average molecular weight is 294 g/mol. The molecule has 2 rings (SSSR count). The fourth-order valence-electron chi connectivity index (χ4n) is 2.72. The van der Waals surface area contributed by atoms with Crippen molar-refractivity contribution in [1.29, 1.82) is 5.41 Å². The second-order valence-electron chi connectivity index (χ2n) is 5.52. The van der Waals surface area contributed by atoms with Crippen molar-refractivity contribution >= 4 is 29.4 Å². The predicted octanol–water partition coefficient (Wildman–Crippen LogP) is 3.74. The smallest absolute Gasteiger partial charge is 0.0928 e. The highest BCUT2D eigenvalue weighted by molar-refractivity contribution is 8.21. The van der Waals surface area contributed by atoms with Crippen LogP contribution in [0.2, 0.25) is 0 Å². The van der Waals surface area contributed by atoms with Crippen LogP contribution in [0.3, 0.4) is 0 Å². The van der Waals surface area contributed by atoms with Crippen molar-refractivity contribution < 1.29 is 0 Å². The highest BCUT2D eigenvalue weighted by atomic mass is 32.2. The molecule has 0 aliphatic carbocycles. The molecule has 1 heterocycles. The van der Waals surface area contributed by atoms with Crippen molar-refractivity contribution in [3.63, 3.8) is 0 Å². The van der Waals surface area contributed by atoms with Gasteiger partial charge in [0.25, 0.3) is 0 Å². The fourth-order valence-corrected chi connectivity index (χ4v) is 6.46. The Labute approximate surface area is 124 Å². The molecule has 1 aromatic carbocycles. The van der Waals surface area contributed by atoms with E-state index in [1.807, 2.05) is 23.5 Å². The predicted molar refractivity (Wildman–Crippen MR) is 88.4 cm³/mol. The van der Waals surface area contributed by atoms with Crippen molar-refractivity contribution in [2.45, 2.75) is 42.9 Å².